The molecule has 0 radical (unpaired) electrons. The number of benzene rings is 1. The van der Waals surface area contributed by atoms with Gasteiger partial charge in [-0.05, 0) is 32.1 Å². The molecule has 0 aliphatic carbocycles. The monoisotopic (exact) mass is 373 g/mol. The lowest BCUT2D eigenvalue weighted by atomic mass is 10.2. The molecule has 2 aromatic rings. The summed E-state index contributed by atoms with van der Waals surface area (Å²) in [6.45, 7) is 3.24. The molecule has 0 aliphatic heterocycles. The van der Waals surface area contributed by atoms with Crippen molar-refractivity contribution in [1.29, 1.82) is 0 Å². The van der Waals surface area contributed by atoms with Crippen molar-refractivity contribution in [2.75, 3.05) is 26.1 Å². The quantitative estimate of drug-likeness (QED) is 0.591. The van der Waals surface area contributed by atoms with E-state index in [4.69, 9.17) is 14.2 Å². The highest BCUT2D eigenvalue weighted by Crippen LogP contribution is 2.25. The maximum atomic E-state index is 12.0. The van der Waals surface area contributed by atoms with Gasteiger partial charge >= 0.3 is 5.97 Å². The second kappa shape index (κ2) is 8.88. The summed E-state index contributed by atoms with van der Waals surface area (Å²) in [4.78, 5) is 23.9. The first kappa shape index (κ1) is 20.0. The van der Waals surface area contributed by atoms with Crippen molar-refractivity contribution in [3.63, 3.8) is 0 Å². The Labute approximate surface area is 157 Å². The molecule has 0 unspecified atom stereocenters. The minimum absolute atomic E-state index is 0.392. The Hall–Kier alpha value is -3.29. The number of methoxy groups -OCH3 is 2. The van der Waals surface area contributed by atoms with E-state index < -0.39 is 18.5 Å². The zero-order valence-electron chi connectivity index (χ0n) is 16.0. The number of anilines is 1. The summed E-state index contributed by atoms with van der Waals surface area (Å²) in [6.07, 6.45) is 2.78. The second-order valence-electron chi connectivity index (χ2n) is 5.77. The molecule has 1 aromatic carbocycles. The molecule has 1 amide bonds. The van der Waals surface area contributed by atoms with Gasteiger partial charge in [-0.15, -0.1) is 0 Å². The molecule has 0 atom stereocenters. The predicted molar refractivity (Wildman–Crippen MR) is 101 cm³/mol. The van der Waals surface area contributed by atoms with E-state index in [1.165, 1.54) is 13.2 Å². The Morgan fingerprint density at radius 3 is 2.56 bits per heavy atom. The topological polar surface area (TPSA) is 91.7 Å². The molecular formula is C19H23N3O5. The van der Waals surface area contributed by atoms with E-state index in [1.54, 1.807) is 50.0 Å². The molecule has 0 fully saturated rings. The number of aromatic nitrogens is 2. The number of hydrogen-bond acceptors (Lipinski definition) is 6. The number of rotatable bonds is 7. The molecule has 0 spiro atoms. The molecule has 0 saturated heterocycles. The van der Waals surface area contributed by atoms with Crippen molar-refractivity contribution in [1.82, 2.24) is 9.78 Å². The van der Waals surface area contributed by atoms with Crippen LogP contribution >= 0.6 is 0 Å². The first-order chi connectivity index (χ1) is 12.8. The van der Waals surface area contributed by atoms with Gasteiger partial charge in [-0.3, -0.25) is 9.48 Å². The third-order valence-electron chi connectivity index (χ3n) is 3.96. The highest BCUT2D eigenvalue weighted by atomic mass is 16.5. The highest BCUT2D eigenvalue weighted by Gasteiger charge is 2.13. The molecule has 8 nitrogen and oxygen atoms in total. The van der Waals surface area contributed by atoms with Crippen LogP contribution in [0.5, 0.6) is 11.5 Å². The van der Waals surface area contributed by atoms with E-state index in [0.717, 1.165) is 5.69 Å². The minimum Gasteiger partial charge on any atom is -0.497 e. The number of carbonyl (C=O) groups is 2. The molecule has 144 valence electrons. The number of carbonyl (C=O) groups excluding carboxylic acids is 2. The third kappa shape index (κ3) is 5.10. The number of nitrogens with zero attached hydrogens (tertiary/aromatic N) is 2. The molecule has 8 heteroatoms. The van der Waals surface area contributed by atoms with Gasteiger partial charge in [0, 0.05) is 24.8 Å². The first-order valence-electron chi connectivity index (χ1n) is 8.22. The maximum Gasteiger partial charge on any atom is 0.331 e. The average molecular weight is 373 g/mol. The lowest BCUT2D eigenvalue weighted by molar-refractivity contribution is -0.142. The Morgan fingerprint density at radius 2 is 1.96 bits per heavy atom. The van der Waals surface area contributed by atoms with Crippen LogP contribution in [0.2, 0.25) is 0 Å². The minimum atomic E-state index is -0.636. The first-order valence-corrected chi connectivity index (χ1v) is 8.22. The normalized spacial score (nSPS) is 10.7. The molecule has 2 rings (SSSR count). The van der Waals surface area contributed by atoms with E-state index in [2.05, 4.69) is 10.4 Å². The average Bonchev–Trinajstić information content (AvgIpc) is 2.90. The van der Waals surface area contributed by atoms with Gasteiger partial charge in [0.25, 0.3) is 5.91 Å². The predicted octanol–water partition coefficient (Wildman–Crippen LogP) is 2.25. The zero-order chi connectivity index (χ0) is 20.0. The number of esters is 1. The van der Waals surface area contributed by atoms with Gasteiger partial charge in [0.2, 0.25) is 0 Å². The van der Waals surface area contributed by atoms with Crippen molar-refractivity contribution < 1.29 is 23.8 Å². The summed E-state index contributed by atoms with van der Waals surface area (Å²) < 4.78 is 17.0. The van der Waals surface area contributed by atoms with Crippen LogP contribution in [0.3, 0.4) is 0 Å². The summed E-state index contributed by atoms with van der Waals surface area (Å²) in [7, 11) is 4.87. The number of nitrogens with one attached hydrogen (secondary N) is 1. The second-order valence-corrected chi connectivity index (χ2v) is 5.77. The van der Waals surface area contributed by atoms with Crippen LogP contribution in [0, 0.1) is 13.8 Å². The molecule has 27 heavy (non-hydrogen) atoms. The van der Waals surface area contributed by atoms with Crippen molar-refractivity contribution in [3.05, 3.63) is 41.2 Å². The molecule has 1 N–H and O–H groups in total. The fourth-order valence-electron chi connectivity index (χ4n) is 2.43. The van der Waals surface area contributed by atoms with Crippen LogP contribution in [0.1, 0.15) is 17.0 Å². The SMILES string of the molecule is COc1ccc(/C=C/C(=O)OCC(=O)Nc2c(C)nn(C)c2C)c(OC)c1. The van der Waals surface area contributed by atoms with E-state index >= 15 is 0 Å². The Balaban J connectivity index is 1.92. The summed E-state index contributed by atoms with van der Waals surface area (Å²) in [6, 6.07) is 5.21. The lowest BCUT2D eigenvalue weighted by Gasteiger charge is -2.07. The number of amides is 1. The van der Waals surface area contributed by atoms with Crippen LogP contribution in [0.15, 0.2) is 24.3 Å². The largest absolute Gasteiger partial charge is 0.497 e. The molecule has 0 saturated carbocycles. The number of aryl methyl sites for hydroxylation is 2. The Morgan fingerprint density at radius 1 is 1.22 bits per heavy atom. The van der Waals surface area contributed by atoms with Crippen LogP contribution in [0.25, 0.3) is 6.08 Å². The van der Waals surface area contributed by atoms with Gasteiger partial charge in [0.05, 0.1) is 31.3 Å². The molecular weight excluding hydrogens is 350 g/mol. The van der Waals surface area contributed by atoms with E-state index in [1.807, 2.05) is 6.92 Å². The fraction of sp³-hybridized carbons (Fsp3) is 0.316. The number of hydrogen-bond donors (Lipinski definition) is 1. The van der Waals surface area contributed by atoms with Crippen molar-refractivity contribution >= 4 is 23.6 Å². The smallest absolute Gasteiger partial charge is 0.331 e. The molecule has 0 bridgehead atoms. The molecule has 0 aliphatic rings. The van der Waals surface area contributed by atoms with Gasteiger partial charge < -0.3 is 19.5 Å². The van der Waals surface area contributed by atoms with Crippen LogP contribution < -0.4 is 14.8 Å². The highest BCUT2D eigenvalue weighted by molar-refractivity contribution is 5.95. The maximum absolute atomic E-state index is 12.0. The third-order valence-corrected chi connectivity index (χ3v) is 3.96. The van der Waals surface area contributed by atoms with Crippen LogP contribution in [-0.4, -0.2) is 42.5 Å². The number of ether oxygens (including phenoxy) is 3. The van der Waals surface area contributed by atoms with E-state index in [0.29, 0.717) is 28.4 Å². The molecule has 1 heterocycles. The van der Waals surface area contributed by atoms with Crippen LogP contribution in [-0.2, 0) is 21.4 Å². The van der Waals surface area contributed by atoms with Gasteiger partial charge in [-0.25, -0.2) is 4.79 Å². The van der Waals surface area contributed by atoms with Gasteiger partial charge in [-0.1, -0.05) is 0 Å². The van der Waals surface area contributed by atoms with Crippen molar-refractivity contribution in [3.8, 4) is 11.5 Å². The zero-order valence-corrected chi connectivity index (χ0v) is 16.0. The summed E-state index contributed by atoms with van der Waals surface area (Å²) in [5.74, 6) is 0.128. The van der Waals surface area contributed by atoms with Gasteiger partial charge in [-0.2, -0.15) is 5.10 Å². The summed E-state index contributed by atoms with van der Waals surface area (Å²) in [5, 5.41) is 6.91. The van der Waals surface area contributed by atoms with E-state index in [-0.39, 0.29) is 0 Å². The molecule has 1 aromatic heterocycles. The van der Waals surface area contributed by atoms with E-state index in [9.17, 15) is 9.59 Å². The fourth-order valence-corrected chi connectivity index (χ4v) is 2.43. The lowest BCUT2D eigenvalue weighted by Crippen LogP contribution is -2.20. The van der Waals surface area contributed by atoms with Crippen molar-refractivity contribution in [2.24, 2.45) is 7.05 Å². The summed E-state index contributed by atoms with van der Waals surface area (Å²) in [5.41, 5.74) is 2.82. The van der Waals surface area contributed by atoms with Crippen LogP contribution in [0.4, 0.5) is 5.69 Å². The Kier molecular flexibility index (Phi) is 6.59. The Bertz CT molecular complexity index is 870. The van der Waals surface area contributed by atoms with Crippen molar-refractivity contribution in [2.45, 2.75) is 13.8 Å². The summed E-state index contributed by atoms with van der Waals surface area (Å²) >= 11 is 0. The van der Waals surface area contributed by atoms with Gasteiger partial charge in [0.15, 0.2) is 6.61 Å². The standard InChI is InChI=1S/C19H23N3O5/c1-12-19(13(2)22(3)21-12)20-17(23)11-27-18(24)9-7-14-6-8-15(25-4)10-16(14)26-5/h6-10H,11H2,1-5H3,(H,20,23)/b9-7+. The van der Waals surface area contributed by atoms with Gasteiger partial charge in [0.1, 0.15) is 11.5 Å².